The van der Waals surface area contributed by atoms with Gasteiger partial charge in [0.1, 0.15) is 0 Å². The molecule has 1 aliphatic heterocycles. The number of aliphatic imine (C=N–C) groups is 1. The van der Waals surface area contributed by atoms with Crippen LogP contribution in [0.1, 0.15) is 19.3 Å². The van der Waals surface area contributed by atoms with E-state index in [9.17, 15) is 8.42 Å². The summed E-state index contributed by atoms with van der Waals surface area (Å²) < 4.78 is 26.9. The Morgan fingerprint density at radius 3 is 2.59 bits per heavy atom. The average molecular weight is 527 g/mol. The van der Waals surface area contributed by atoms with Crippen LogP contribution in [-0.4, -0.2) is 71.3 Å². The largest absolute Gasteiger partial charge is 0.360 e. The highest BCUT2D eigenvalue weighted by molar-refractivity contribution is 14.0. The van der Waals surface area contributed by atoms with E-state index in [4.69, 9.17) is 0 Å². The molecule has 0 aromatic carbocycles. The van der Waals surface area contributed by atoms with Crippen molar-refractivity contribution in [2.24, 2.45) is 10.9 Å². The number of nitrogens with one attached hydrogen (secondary N) is 2. The molecule has 27 heavy (non-hydrogen) atoms. The Morgan fingerprint density at radius 2 is 2.04 bits per heavy atom. The molecule has 0 radical (unpaired) electrons. The van der Waals surface area contributed by atoms with E-state index in [1.54, 1.807) is 18.4 Å². The zero-order chi connectivity index (χ0) is 18.4. The van der Waals surface area contributed by atoms with Gasteiger partial charge < -0.3 is 15.1 Å². The molecular formula is C17H30IN5O2S2. The molecule has 7 nitrogen and oxygen atoms in total. The van der Waals surface area contributed by atoms with E-state index in [1.807, 2.05) is 0 Å². The highest BCUT2D eigenvalue weighted by Gasteiger charge is 2.22. The summed E-state index contributed by atoms with van der Waals surface area (Å²) in [6, 6.07) is 4.22. The van der Waals surface area contributed by atoms with Crippen LogP contribution in [0.5, 0.6) is 0 Å². The van der Waals surface area contributed by atoms with Crippen LogP contribution >= 0.6 is 35.3 Å². The minimum Gasteiger partial charge on any atom is -0.360 e. The van der Waals surface area contributed by atoms with Gasteiger partial charge in [-0.2, -0.15) is 0 Å². The molecule has 1 saturated heterocycles. The minimum absolute atomic E-state index is 0. The van der Waals surface area contributed by atoms with Gasteiger partial charge in [-0.1, -0.05) is 6.42 Å². The second-order valence-electron chi connectivity index (χ2n) is 6.86. The fourth-order valence-corrected chi connectivity index (χ4v) is 5.02. The molecule has 2 heterocycles. The first kappa shape index (κ1) is 22.7. The Bertz CT molecular complexity index is 684. The predicted molar refractivity (Wildman–Crippen MR) is 124 cm³/mol. The lowest BCUT2D eigenvalue weighted by atomic mass is 9.86. The van der Waals surface area contributed by atoms with Gasteiger partial charge in [-0.15, -0.1) is 35.3 Å². The standard InChI is InChI=1S/C17H29N5O2S2.HI/c1-18-17(19-7-13-26(23,24)20-14-15-4-2-5-15)22-10-8-21(9-11-22)16-6-3-12-25-16;/h3,6,12,15,20H,2,4-5,7-11,13-14H2,1H3,(H,18,19);1H. The summed E-state index contributed by atoms with van der Waals surface area (Å²) >= 11 is 1.76. The maximum absolute atomic E-state index is 12.1. The smallest absolute Gasteiger partial charge is 0.213 e. The molecule has 1 aromatic heterocycles. The lowest BCUT2D eigenvalue weighted by Crippen LogP contribution is -2.53. The van der Waals surface area contributed by atoms with Crippen molar-refractivity contribution >= 4 is 56.3 Å². The van der Waals surface area contributed by atoms with Crippen LogP contribution in [0.25, 0.3) is 0 Å². The van der Waals surface area contributed by atoms with E-state index in [-0.39, 0.29) is 29.7 Å². The number of halogens is 1. The van der Waals surface area contributed by atoms with Gasteiger partial charge in [-0.25, -0.2) is 13.1 Å². The van der Waals surface area contributed by atoms with Crippen molar-refractivity contribution in [1.82, 2.24) is 14.9 Å². The summed E-state index contributed by atoms with van der Waals surface area (Å²) in [5.41, 5.74) is 0. The first-order chi connectivity index (χ1) is 12.6. The summed E-state index contributed by atoms with van der Waals surface area (Å²) in [7, 11) is -1.47. The topological polar surface area (TPSA) is 77.0 Å². The molecule has 154 valence electrons. The van der Waals surface area contributed by atoms with Crippen LogP contribution in [0.15, 0.2) is 22.5 Å². The number of piperazine rings is 1. The zero-order valence-corrected chi connectivity index (χ0v) is 19.7. The molecule has 1 aromatic rings. The third kappa shape index (κ3) is 6.75. The van der Waals surface area contributed by atoms with Gasteiger partial charge in [0.2, 0.25) is 10.0 Å². The Hall–Kier alpha value is -0.590. The molecular weight excluding hydrogens is 497 g/mol. The van der Waals surface area contributed by atoms with E-state index < -0.39 is 10.0 Å². The number of anilines is 1. The lowest BCUT2D eigenvalue weighted by Gasteiger charge is -2.37. The summed E-state index contributed by atoms with van der Waals surface area (Å²) in [5.74, 6) is 1.39. The van der Waals surface area contributed by atoms with E-state index >= 15 is 0 Å². The van der Waals surface area contributed by atoms with E-state index in [0.29, 0.717) is 19.0 Å². The maximum atomic E-state index is 12.1. The monoisotopic (exact) mass is 527 g/mol. The van der Waals surface area contributed by atoms with Crippen LogP contribution in [0.4, 0.5) is 5.00 Å². The molecule has 0 bridgehead atoms. The number of hydrogen-bond acceptors (Lipinski definition) is 5. The fraction of sp³-hybridized carbons (Fsp3) is 0.706. The number of thiophene rings is 1. The van der Waals surface area contributed by atoms with E-state index in [2.05, 4.69) is 42.3 Å². The Balaban J connectivity index is 0.00000261. The van der Waals surface area contributed by atoms with Gasteiger partial charge >= 0.3 is 0 Å². The van der Waals surface area contributed by atoms with Gasteiger partial charge in [0.15, 0.2) is 5.96 Å². The van der Waals surface area contributed by atoms with Crippen molar-refractivity contribution in [2.75, 3.05) is 57.0 Å². The molecule has 0 spiro atoms. The molecule has 0 atom stereocenters. The van der Waals surface area contributed by atoms with Gasteiger partial charge in [0.05, 0.1) is 10.8 Å². The summed E-state index contributed by atoms with van der Waals surface area (Å²) in [4.78, 5) is 8.89. The first-order valence-corrected chi connectivity index (χ1v) is 11.8. The van der Waals surface area contributed by atoms with Crippen molar-refractivity contribution in [3.05, 3.63) is 17.5 Å². The van der Waals surface area contributed by atoms with Crippen LogP contribution in [0.2, 0.25) is 0 Å². The summed E-state index contributed by atoms with van der Waals surface area (Å²) in [6.45, 7) is 4.61. The normalized spacial score (nSPS) is 18.8. The average Bonchev–Trinajstić information content (AvgIpc) is 3.12. The van der Waals surface area contributed by atoms with Crippen LogP contribution < -0.4 is 14.9 Å². The molecule has 1 saturated carbocycles. The fourth-order valence-electron chi connectivity index (χ4n) is 3.23. The van der Waals surface area contributed by atoms with Crippen molar-refractivity contribution in [1.29, 1.82) is 0 Å². The second kappa shape index (κ2) is 10.8. The minimum atomic E-state index is -3.22. The van der Waals surface area contributed by atoms with Gasteiger partial charge in [-0.3, -0.25) is 4.99 Å². The third-order valence-corrected chi connectivity index (χ3v) is 7.36. The van der Waals surface area contributed by atoms with E-state index in [1.165, 1.54) is 11.4 Å². The van der Waals surface area contributed by atoms with Gasteiger partial charge in [0.25, 0.3) is 0 Å². The Labute approximate surface area is 183 Å². The molecule has 2 fully saturated rings. The number of rotatable bonds is 7. The summed E-state index contributed by atoms with van der Waals surface area (Å²) in [6.07, 6.45) is 3.51. The Kier molecular flexibility index (Phi) is 9.09. The number of sulfonamides is 1. The van der Waals surface area contributed by atoms with Crippen molar-refractivity contribution in [3.63, 3.8) is 0 Å². The third-order valence-electron chi connectivity index (χ3n) is 5.08. The van der Waals surface area contributed by atoms with Crippen LogP contribution in [-0.2, 0) is 10.0 Å². The highest BCUT2D eigenvalue weighted by Crippen LogP contribution is 2.25. The SMILES string of the molecule is CN=C(NCCS(=O)(=O)NCC1CCC1)N1CCN(c2cccs2)CC1.I. The molecule has 2 aliphatic rings. The van der Waals surface area contributed by atoms with Crippen molar-refractivity contribution < 1.29 is 8.42 Å². The quantitative estimate of drug-likeness (QED) is 0.321. The number of guanidine groups is 1. The van der Waals surface area contributed by atoms with E-state index in [0.717, 1.165) is 45.0 Å². The maximum Gasteiger partial charge on any atom is 0.213 e. The first-order valence-electron chi connectivity index (χ1n) is 9.29. The molecule has 10 heteroatoms. The van der Waals surface area contributed by atoms with Crippen LogP contribution in [0.3, 0.4) is 0 Å². The highest BCUT2D eigenvalue weighted by atomic mass is 127. The van der Waals surface area contributed by atoms with Crippen molar-refractivity contribution in [3.8, 4) is 0 Å². The summed E-state index contributed by atoms with van der Waals surface area (Å²) in [5, 5.41) is 6.60. The number of nitrogens with zero attached hydrogens (tertiary/aromatic N) is 3. The second-order valence-corrected chi connectivity index (χ2v) is 9.72. The molecule has 0 unspecified atom stereocenters. The van der Waals surface area contributed by atoms with Crippen LogP contribution in [0, 0.1) is 5.92 Å². The zero-order valence-electron chi connectivity index (χ0n) is 15.8. The van der Waals surface area contributed by atoms with Gasteiger partial charge in [-0.05, 0) is 36.3 Å². The van der Waals surface area contributed by atoms with Crippen molar-refractivity contribution in [2.45, 2.75) is 19.3 Å². The van der Waals surface area contributed by atoms with Gasteiger partial charge in [0, 0.05) is 46.3 Å². The molecule has 2 N–H and O–H groups in total. The predicted octanol–water partition coefficient (Wildman–Crippen LogP) is 1.78. The Morgan fingerprint density at radius 1 is 1.30 bits per heavy atom. The molecule has 1 aliphatic carbocycles. The molecule has 3 rings (SSSR count). The number of hydrogen-bond donors (Lipinski definition) is 2. The lowest BCUT2D eigenvalue weighted by molar-refractivity contribution is 0.316. The molecule has 0 amide bonds.